The SMILES string of the molecule is COc1ccc2[nH]cc(/C=C(\C#N)C(=O)c3c[nH]c4ccccc34)c2c1. The van der Waals surface area contributed by atoms with E-state index in [1.54, 1.807) is 25.6 Å². The van der Waals surface area contributed by atoms with Crippen LogP contribution in [0.25, 0.3) is 27.9 Å². The highest BCUT2D eigenvalue weighted by Gasteiger charge is 2.17. The molecular weight excluding hydrogens is 326 g/mol. The number of aromatic nitrogens is 2. The zero-order valence-corrected chi connectivity index (χ0v) is 14.0. The van der Waals surface area contributed by atoms with E-state index in [1.165, 1.54) is 0 Å². The van der Waals surface area contributed by atoms with Gasteiger partial charge in [0.15, 0.2) is 0 Å². The van der Waals surface area contributed by atoms with Crippen molar-refractivity contribution in [3.05, 3.63) is 71.6 Å². The highest BCUT2D eigenvalue weighted by Crippen LogP contribution is 2.27. The van der Waals surface area contributed by atoms with Crippen molar-refractivity contribution in [3.8, 4) is 11.8 Å². The number of ether oxygens (including phenoxy) is 1. The monoisotopic (exact) mass is 341 g/mol. The van der Waals surface area contributed by atoms with Crippen LogP contribution < -0.4 is 4.74 Å². The predicted molar refractivity (Wildman–Crippen MR) is 101 cm³/mol. The Bertz CT molecular complexity index is 1200. The number of hydrogen-bond acceptors (Lipinski definition) is 3. The minimum atomic E-state index is -0.304. The van der Waals surface area contributed by atoms with Crippen molar-refractivity contribution < 1.29 is 9.53 Å². The van der Waals surface area contributed by atoms with E-state index in [4.69, 9.17) is 4.74 Å². The van der Waals surface area contributed by atoms with Crippen LogP contribution in [0.15, 0.2) is 60.4 Å². The molecule has 0 saturated carbocycles. The molecule has 0 bridgehead atoms. The number of carbonyl (C=O) groups excluding carboxylic acids is 1. The largest absolute Gasteiger partial charge is 0.497 e. The van der Waals surface area contributed by atoms with E-state index < -0.39 is 0 Å². The van der Waals surface area contributed by atoms with Gasteiger partial charge in [-0.05, 0) is 30.3 Å². The molecule has 0 amide bonds. The molecule has 126 valence electrons. The molecule has 0 fully saturated rings. The van der Waals surface area contributed by atoms with Gasteiger partial charge in [0.1, 0.15) is 17.4 Å². The Morgan fingerprint density at radius 3 is 2.65 bits per heavy atom. The number of para-hydroxylation sites is 1. The number of rotatable bonds is 4. The van der Waals surface area contributed by atoms with Crippen LogP contribution in [-0.2, 0) is 0 Å². The third-order valence-corrected chi connectivity index (χ3v) is 4.42. The van der Waals surface area contributed by atoms with E-state index in [0.29, 0.717) is 11.3 Å². The second-order valence-corrected chi connectivity index (χ2v) is 5.90. The maximum Gasteiger partial charge on any atom is 0.205 e. The number of nitriles is 1. The minimum Gasteiger partial charge on any atom is -0.497 e. The molecule has 5 heteroatoms. The van der Waals surface area contributed by atoms with Crippen LogP contribution in [0.1, 0.15) is 15.9 Å². The number of aromatic amines is 2. The van der Waals surface area contributed by atoms with E-state index in [2.05, 4.69) is 9.97 Å². The number of benzene rings is 2. The van der Waals surface area contributed by atoms with Gasteiger partial charge in [0.05, 0.1) is 7.11 Å². The molecular formula is C21H15N3O2. The molecule has 4 aromatic rings. The second kappa shape index (κ2) is 6.26. The smallest absolute Gasteiger partial charge is 0.205 e. The summed E-state index contributed by atoms with van der Waals surface area (Å²) >= 11 is 0. The molecule has 0 radical (unpaired) electrons. The standard InChI is InChI=1S/C21H15N3O2/c1-26-15-6-7-20-17(9-15)14(11-23-20)8-13(10-22)21(25)18-12-24-19-5-3-2-4-16(18)19/h2-9,11-12,23-24H,1H3/b13-8+. The van der Waals surface area contributed by atoms with E-state index in [-0.39, 0.29) is 11.4 Å². The number of methoxy groups -OCH3 is 1. The van der Waals surface area contributed by atoms with E-state index in [1.807, 2.05) is 48.5 Å². The van der Waals surface area contributed by atoms with E-state index >= 15 is 0 Å². The third-order valence-electron chi connectivity index (χ3n) is 4.42. The summed E-state index contributed by atoms with van der Waals surface area (Å²) in [4.78, 5) is 19.1. The lowest BCUT2D eigenvalue weighted by Gasteiger charge is -2.01. The molecule has 2 aromatic carbocycles. The number of Topliss-reactive ketones (excluding diaryl/α,β-unsaturated/α-hetero) is 1. The molecule has 0 spiro atoms. The lowest BCUT2D eigenvalue weighted by molar-refractivity contribution is 0.104. The van der Waals surface area contributed by atoms with Gasteiger partial charge in [-0.1, -0.05) is 18.2 Å². The van der Waals surface area contributed by atoms with Gasteiger partial charge in [0.25, 0.3) is 0 Å². The molecule has 0 aliphatic carbocycles. The summed E-state index contributed by atoms with van der Waals surface area (Å²) in [5.74, 6) is 0.412. The first-order valence-electron chi connectivity index (χ1n) is 8.09. The summed E-state index contributed by atoms with van der Waals surface area (Å²) in [6.45, 7) is 0. The first-order chi connectivity index (χ1) is 12.7. The number of carbonyl (C=O) groups is 1. The van der Waals surface area contributed by atoms with Crippen molar-refractivity contribution >= 4 is 33.7 Å². The molecule has 5 nitrogen and oxygen atoms in total. The highest BCUT2D eigenvalue weighted by atomic mass is 16.5. The molecule has 2 heterocycles. The number of ketones is 1. The Labute approximate surface area is 149 Å². The molecule has 0 saturated heterocycles. The number of fused-ring (bicyclic) bond motifs is 2. The molecule has 0 atom stereocenters. The maximum atomic E-state index is 12.9. The Morgan fingerprint density at radius 1 is 1.08 bits per heavy atom. The van der Waals surface area contributed by atoms with Gasteiger partial charge >= 0.3 is 0 Å². The Balaban J connectivity index is 1.80. The summed E-state index contributed by atoms with van der Waals surface area (Å²) in [5, 5.41) is 11.3. The lowest BCUT2D eigenvalue weighted by Crippen LogP contribution is -2.00. The summed E-state index contributed by atoms with van der Waals surface area (Å²) in [6.07, 6.45) is 5.04. The zero-order chi connectivity index (χ0) is 18.1. The predicted octanol–water partition coefficient (Wildman–Crippen LogP) is 4.45. The van der Waals surface area contributed by atoms with Gasteiger partial charge in [-0.3, -0.25) is 4.79 Å². The van der Waals surface area contributed by atoms with Gasteiger partial charge in [0, 0.05) is 45.3 Å². The fraction of sp³-hybridized carbons (Fsp3) is 0.0476. The van der Waals surface area contributed by atoms with Gasteiger partial charge in [-0.15, -0.1) is 0 Å². The summed E-state index contributed by atoms with van der Waals surface area (Å²) in [7, 11) is 1.60. The topological polar surface area (TPSA) is 81.7 Å². The molecule has 26 heavy (non-hydrogen) atoms. The number of H-pyrrole nitrogens is 2. The van der Waals surface area contributed by atoms with E-state index in [0.717, 1.165) is 27.4 Å². The van der Waals surface area contributed by atoms with Crippen LogP contribution in [0.3, 0.4) is 0 Å². The number of hydrogen-bond donors (Lipinski definition) is 2. The fourth-order valence-electron chi connectivity index (χ4n) is 3.08. The van der Waals surface area contributed by atoms with Gasteiger partial charge in [-0.25, -0.2) is 0 Å². The molecule has 0 unspecified atom stereocenters. The molecule has 2 aromatic heterocycles. The number of nitrogens with zero attached hydrogens (tertiary/aromatic N) is 1. The quantitative estimate of drug-likeness (QED) is 0.327. The fourth-order valence-corrected chi connectivity index (χ4v) is 3.08. The first-order valence-corrected chi connectivity index (χ1v) is 8.09. The van der Waals surface area contributed by atoms with Crippen LogP contribution in [0.2, 0.25) is 0 Å². The van der Waals surface area contributed by atoms with E-state index in [9.17, 15) is 10.1 Å². The second-order valence-electron chi connectivity index (χ2n) is 5.90. The summed E-state index contributed by atoms with van der Waals surface area (Å²) in [5.41, 5.74) is 3.12. The maximum absolute atomic E-state index is 12.9. The van der Waals surface area contributed by atoms with Gasteiger partial charge < -0.3 is 14.7 Å². The molecule has 2 N–H and O–H groups in total. The zero-order valence-electron chi connectivity index (χ0n) is 14.0. The average Bonchev–Trinajstić information content (AvgIpc) is 3.29. The minimum absolute atomic E-state index is 0.0819. The Morgan fingerprint density at radius 2 is 1.85 bits per heavy atom. The van der Waals surface area contributed by atoms with Crippen LogP contribution >= 0.6 is 0 Å². The first kappa shape index (κ1) is 15.7. The van der Waals surface area contributed by atoms with Crippen LogP contribution in [0.5, 0.6) is 5.75 Å². The average molecular weight is 341 g/mol. The summed E-state index contributed by atoms with van der Waals surface area (Å²) < 4.78 is 5.26. The van der Waals surface area contributed by atoms with Gasteiger partial charge in [0.2, 0.25) is 5.78 Å². The third kappa shape index (κ3) is 2.54. The Hall–Kier alpha value is -3.78. The van der Waals surface area contributed by atoms with Crippen LogP contribution in [-0.4, -0.2) is 22.9 Å². The highest BCUT2D eigenvalue weighted by molar-refractivity contribution is 6.20. The molecule has 0 aliphatic rings. The van der Waals surface area contributed by atoms with Crippen molar-refractivity contribution in [2.45, 2.75) is 0 Å². The number of allylic oxidation sites excluding steroid dienone is 1. The van der Waals surface area contributed by atoms with Crippen LogP contribution in [0, 0.1) is 11.3 Å². The lowest BCUT2D eigenvalue weighted by atomic mass is 10.0. The van der Waals surface area contributed by atoms with Crippen LogP contribution in [0.4, 0.5) is 0 Å². The van der Waals surface area contributed by atoms with Crippen molar-refractivity contribution in [1.29, 1.82) is 5.26 Å². The van der Waals surface area contributed by atoms with Crippen molar-refractivity contribution in [2.75, 3.05) is 7.11 Å². The Kier molecular flexibility index (Phi) is 3.79. The molecule has 0 aliphatic heterocycles. The van der Waals surface area contributed by atoms with Crippen molar-refractivity contribution in [2.24, 2.45) is 0 Å². The number of nitrogens with one attached hydrogen (secondary N) is 2. The molecule has 4 rings (SSSR count). The van der Waals surface area contributed by atoms with Crippen molar-refractivity contribution in [1.82, 2.24) is 9.97 Å². The summed E-state index contributed by atoms with van der Waals surface area (Å²) in [6, 6.07) is 15.2. The van der Waals surface area contributed by atoms with Gasteiger partial charge in [-0.2, -0.15) is 5.26 Å². The van der Waals surface area contributed by atoms with Crippen molar-refractivity contribution in [3.63, 3.8) is 0 Å². The normalized spacial score (nSPS) is 11.6.